The molecular weight excluding hydrogens is 335 g/mol. The molecule has 1 heterocycles. The van der Waals surface area contributed by atoms with Gasteiger partial charge in [-0.3, -0.25) is 4.98 Å². The van der Waals surface area contributed by atoms with Crippen LogP contribution in [0.1, 0.15) is 18.2 Å². The van der Waals surface area contributed by atoms with Crippen LogP contribution in [0.4, 0.5) is 13.2 Å². The molecule has 1 unspecified atom stereocenters. The van der Waals surface area contributed by atoms with E-state index >= 15 is 0 Å². The van der Waals surface area contributed by atoms with E-state index in [2.05, 4.69) is 20.9 Å². The third-order valence-corrected chi connectivity index (χ3v) is 3.55. The molecular formula is C14H11BrF3NO. The summed E-state index contributed by atoms with van der Waals surface area (Å²) in [5.74, 6) is -2.08. The van der Waals surface area contributed by atoms with Crippen molar-refractivity contribution in [1.29, 1.82) is 0 Å². The summed E-state index contributed by atoms with van der Waals surface area (Å²) in [5.41, 5.74) is -1.73. The largest absolute Gasteiger partial charge is 0.383 e. The van der Waals surface area contributed by atoms with E-state index in [1.165, 1.54) is 19.1 Å². The second-order valence-electron chi connectivity index (χ2n) is 4.63. The topological polar surface area (TPSA) is 33.1 Å². The van der Waals surface area contributed by atoms with E-state index in [0.29, 0.717) is 0 Å². The second-order valence-corrected chi connectivity index (χ2v) is 5.49. The lowest BCUT2D eigenvalue weighted by molar-refractivity contribution is 0.0510. The maximum absolute atomic E-state index is 13.9. The van der Waals surface area contributed by atoms with E-state index < -0.39 is 23.1 Å². The van der Waals surface area contributed by atoms with Crippen molar-refractivity contribution in [3.05, 3.63) is 63.6 Å². The Hall–Kier alpha value is -1.40. The first-order valence-electron chi connectivity index (χ1n) is 5.78. The Kier molecular flexibility index (Phi) is 4.15. The molecule has 0 saturated heterocycles. The molecule has 20 heavy (non-hydrogen) atoms. The summed E-state index contributed by atoms with van der Waals surface area (Å²) in [6.45, 7) is 1.37. The predicted molar refractivity (Wildman–Crippen MR) is 71.5 cm³/mol. The summed E-state index contributed by atoms with van der Waals surface area (Å²) in [7, 11) is 0. The predicted octanol–water partition coefficient (Wildman–Crippen LogP) is 3.71. The number of nitrogens with zero attached hydrogens (tertiary/aromatic N) is 1. The molecule has 106 valence electrons. The Morgan fingerprint density at radius 2 is 1.90 bits per heavy atom. The highest BCUT2D eigenvalue weighted by Crippen LogP contribution is 2.29. The van der Waals surface area contributed by atoms with Gasteiger partial charge in [0.1, 0.15) is 23.1 Å². The summed E-state index contributed by atoms with van der Waals surface area (Å²) in [6, 6.07) is 4.77. The van der Waals surface area contributed by atoms with Crippen LogP contribution in [0.5, 0.6) is 0 Å². The minimum absolute atomic E-state index is 0.108. The average Bonchev–Trinajstić information content (AvgIpc) is 2.40. The van der Waals surface area contributed by atoms with E-state index in [4.69, 9.17) is 0 Å². The van der Waals surface area contributed by atoms with Gasteiger partial charge in [0.2, 0.25) is 0 Å². The van der Waals surface area contributed by atoms with E-state index in [0.717, 1.165) is 18.3 Å². The standard InChI is InChI=1S/C14H11BrF3NO/c1-14(20,12-5-2-8(16)7-19-12)6-9-11(17)4-3-10(15)13(9)18/h2-5,7,20H,6H2,1H3. The number of hydrogen-bond donors (Lipinski definition) is 1. The molecule has 1 atom stereocenters. The van der Waals surface area contributed by atoms with Crippen molar-refractivity contribution in [3.8, 4) is 0 Å². The molecule has 0 amide bonds. The smallest absolute Gasteiger partial charge is 0.143 e. The lowest BCUT2D eigenvalue weighted by Gasteiger charge is -2.23. The molecule has 0 bridgehead atoms. The van der Waals surface area contributed by atoms with Gasteiger partial charge in [-0.15, -0.1) is 0 Å². The summed E-state index contributed by atoms with van der Waals surface area (Å²) >= 11 is 2.97. The van der Waals surface area contributed by atoms with Crippen molar-refractivity contribution in [1.82, 2.24) is 4.98 Å². The first-order chi connectivity index (χ1) is 9.31. The molecule has 6 heteroatoms. The monoisotopic (exact) mass is 345 g/mol. The minimum atomic E-state index is -1.61. The van der Waals surface area contributed by atoms with Gasteiger partial charge in [0.15, 0.2) is 0 Å². The SMILES string of the molecule is CC(O)(Cc1c(F)ccc(Br)c1F)c1ccc(F)cn1. The molecule has 0 spiro atoms. The lowest BCUT2D eigenvalue weighted by atomic mass is 9.92. The maximum atomic E-state index is 13.9. The molecule has 0 radical (unpaired) electrons. The van der Waals surface area contributed by atoms with E-state index in [9.17, 15) is 18.3 Å². The number of pyridine rings is 1. The van der Waals surface area contributed by atoms with E-state index in [-0.39, 0.29) is 22.2 Å². The van der Waals surface area contributed by atoms with Crippen LogP contribution in [0.3, 0.4) is 0 Å². The molecule has 1 aromatic heterocycles. The molecule has 2 aromatic rings. The van der Waals surface area contributed by atoms with E-state index in [1.54, 1.807) is 0 Å². The molecule has 1 aromatic carbocycles. The third-order valence-electron chi connectivity index (χ3n) is 2.94. The fourth-order valence-electron chi connectivity index (χ4n) is 1.86. The molecule has 0 aliphatic heterocycles. The van der Waals surface area contributed by atoms with Gasteiger partial charge >= 0.3 is 0 Å². The van der Waals surface area contributed by atoms with Gasteiger partial charge in [-0.1, -0.05) is 0 Å². The Labute approximate surface area is 122 Å². The van der Waals surface area contributed by atoms with Gasteiger partial charge in [0.05, 0.1) is 16.4 Å². The Morgan fingerprint density at radius 1 is 1.20 bits per heavy atom. The third kappa shape index (κ3) is 3.02. The van der Waals surface area contributed by atoms with Gasteiger partial charge < -0.3 is 5.11 Å². The zero-order chi connectivity index (χ0) is 14.9. The van der Waals surface area contributed by atoms with Gasteiger partial charge in [0.25, 0.3) is 0 Å². The molecule has 2 nitrogen and oxygen atoms in total. The van der Waals surface area contributed by atoms with Crippen molar-refractivity contribution >= 4 is 15.9 Å². The molecule has 0 aliphatic rings. The number of benzene rings is 1. The number of aliphatic hydroxyl groups is 1. The molecule has 0 fully saturated rings. The zero-order valence-corrected chi connectivity index (χ0v) is 12.1. The quantitative estimate of drug-likeness (QED) is 0.860. The van der Waals surface area contributed by atoms with Crippen LogP contribution >= 0.6 is 15.9 Å². The normalized spacial score (nSPS) is 14.1. The number of halogens is 4. The Bertz CT molecular complexity index is 629. The maximum Gasteiger partial charge on any atom is 0.143 e. The molecule has 1 N–H and O–H groups in total. The highest BCUT2D eigenvalue weighted by Gasteiger charge is 2.28. The summed E-state index contributed by atoms with van der Waals surface area (Å²) in [5, 5.41) is 10.3. The van der Waals surface area contributed by atoms with Crippen molar-refractivity contribution in [2.45, 2.75) is 18.9 Å². The van der Waals surface area contributed by atoms with Gasteiger partial charge in [-0.2, -0.15) is 0 Å². The highest BCUT2D eigenvalue weighted by molar-refractivity contribution is 9.10. The van der Waals surface area contributed by atoms with Crippen molar-refractivity contribution in [3.63, 3.8) is 0 Å². The molecule has 2 rings (SSSR count). The first-order valence-corrected chi connectivity index (χ1v) is 6.57. The Balaban J connectivity index is 2.38. The molecule has 0 aliphatic carbocycles. The van der Waals surface area contributed by atoms with Crippen LogP contribution in [0.2, 0.25) is 0 Å². The van der Waals surface area contributed by atoms with Gasteiger partial charge in [0, 0.05) is 12.0 Å². The highest BCUT2D eigenvalue weighted by atomic mass is 79.9. The first kappa shape index (κ1) is 15.0. The summed E-state index contributed by atoms with van der Waals surface area (Å²) < 4.78 is 40.5. The van der Waals surface area contributed by atoms with Crippen LogP contribution in [-0.4, -0.2) is 10.1 Å². The Morgan fingerprint density at radius 3 is 2.50 bits per heavy atom. The summed E-state index contributed by atoms with van der Waals surface area (Å²) in [4.78, 5) is 3.75. The fourth-order valence-corrected chi connectivity index (χ4v) is 2.23. The van der Waals surface area contributed by atoms with Crippen molar-refractivity contribution in [2.24, 2.45) is 0 Å². The second kappa shape index (κ2) is 5.54. The fraction of sp³-hybridized carbons (Fsp3) is 0.214. The molecule has 0 saturated carbocycles. The number of aromatic nitrogens is 1. The van der Waals surface area contributed by atoms with Crippen molar-refractivity contribution < 1.29 is 18.3 Å². The average molecular weight is 346 g/mol. The minimum Gasteiger partial charge on any atom is -0.383 e. The lowest BCUT2D eigenvalue weighted by Crippen LogP contribution is -2.27. The van der Waals surface area contributed by atoms with Gasteiger partial charge in [-0.25, -0.2) is 13.2 Å². The van der Waals surface area contributed by atoms with E-state index in [1.807, 2.05) is 0 Å². The van der Waals surface area contributed by atoms with Crippen LogP contribution < -0.4 is 0 Å². The van der Waals surface area contributed by atoms with Gasteiger partial charge in [-0.05, 0) is 47.1 Å². The van der Waals surface area contributed by atoms with Crippen LogP contribution in [-0.2, 0) is 12.0 Å². The number of hydrogen-bond acceptors (Lipinski definition) is 2. The zero-order valence-electron chi connectivity index (χ0n) is 10.5. The summed E-state index contributed by atoms with van der Waals surface area (Å²) in [6.07, 6.45) is 0.625. The van der Waals surface area contributed by atoms with Crippen LogP contribution in [0.25, 0.3) is 0 Å². The number of rotatable bonds is 3. The van der Waals surface area contributed by atoms with Crippen molar-refractivity contribution in [2.75, 3.05) is 0 Å². The van der Waals surface area contributed by atoms with Crippen LogP contribution in [0, 0.1) is 17.5 Å². The van der Waals surface area contributed by atoms with Crippen LogP contribution in [0.15, 0.2) is 34.9 Å².